The molecular weight excluding hydrogens is 1140 g/mol. The summed E-state index contributed by atoms with van der Waals surface area (Å²) in [6.07, 6.45) is 1.94. The van der Waals surface area contributed by atoms with Gasteiger partial charge in [0.15, 0.2) is 0 Å². The largest absolute Gasteiger partial charge is 2.00 e. The molecule has 0 fully saturated rings. The maximum absolute atomic E-state index is 2.32. The standard InChI is InChI=1S/2C22H17.2C15H11.2ClH.2Zr/c2*1-3-9-17(10-4-1)15-22-20-14-8-7-13-19(20)16-21(22)18-11-5-2-6-12-18;2*1-2-6-12(7-3-1)15-10-13-8-4-5-9-14(13)11-15;;;;/h2*1-14,16H,15H2;2*1-11H;2*1H;;/q4*-1;;;2*+2/p-2. The van der Waals surface area contributed by atoms with Crippen LogP contribution in [0, 0.1) is 0 Å². The number of hydrogen-bond donors (Lipinski definition) is 0. The zero-order valence-corrected chi connectivity index (χ0v) is 49.6. The van der Waals surface area contributed by atoms with Crippen LogP contribution in [0.1, 0.15) is 22.3 Å². The molecule has 0 aliphatic carbocycles. The van der Waals surface area contributed by atoms with Gasteiger partial charge in [-0.05, 0) is 12.8 Å². The van der Waals surface area contributed by atoms with Crippen LogP contribution in [0.5, 0.6) is 0 Å². The molecule has 78 heavy (non-hydrogen) atoms. The third-order valence-electron chi connectivity index (χ3n) is 13.9. The van der Waals surface area contributed by atoms with Gasteiger partial charge in [-0.2, -0.15) is 0 Å². The summed E-state index contributed by atoms with van der Waals surface area (Å²) >= 11 is 0. The zero-order chi connectivity index (χ0) is 49.7. The minimum atomic E-state index is 0. The van der Waals surface area contributed by atoms with Gasteiger partial charge in [0.05, 0.1) is 0 Å². The van der Waals surface area contributed by atoms with Crippen molar-refractivity contribution in [2.75, 3.05) is 0 Å². The van der Waals surface area contributed by atoms with E-state index in [1.54, 1.807) is 0 Å². The average molecular weight is 1200 g/mol. The van der Waals surface area contributed by atoms with Crippen molar-refractivity contribution in [2.45, 2.75) is 12.8 Å². The van der Waals surface area contributed by atoms with E-state index < -0.39 is 0 Å². The summed E-state index contributed by atoms with van der Waals surface area (Å²) in [5.74, 6) is 0. The normalized spacial score (nSPS) is 10.3. The molecule has 0 aliphatic rings. The predicted octanol–water partition coefficient (Wildman–Crippen LogP) is 14.1. The van der Waals surface area contributed by atoms with Crippen LogP contribution in [0.25, 0.3) is 87.6 Å². The Balaban J connectivity index is 0.000000150. The molecule has 0 saturated carbocycles. The Morgan fingerprint density at radius 3 is 0.859 bits per heavy atom. The van der Waals surface area contributed by atoms with Crippen LogP contribution in [0.4, 0.5) is 0 Å². The number of rotatable bonds is 8. The summed E-state index contributed by atoms with van der Waals surface area (Å²) in [6, 6.07) is 112. The van der Waals surface area contributed by atoms with Crippen molar-refractivity contribution in [1.82, 2.24) is 0 Å². The second kappa shape index (κ2) is 29.1. The van der Waals surface area contributed by atoms with E-state index in [1.165, 1.54) is 110 Å². The van der Waals surface area contributed by atoms with E-state index in [2.05, 4.69) is 303 Å². The van der Waals surface area contributed by atoms with Gasteiger partial charge in [-0.3, -0.25) is 0 Å². The van der Waals surface area contributed by atoms with Crippen LogP contribution in [0.3, 0.4) is 0 Å². The van der Waals surface area contributed by atoms with E-state index in [9.17, 15) is 0 Å². The fraction of sp³-hybridized carbons (Fsp3) is 0.0270. The summed E-state index contributed by atoms with van der Waals surface area (Å²) < 4.78 is 0. The van der Waals surface area contributed by atoms with Gasteiger partial charge in [0.25, 0.3) is 0 Å². The number of halogens is 2. The summed E-state index contributed by atoms with van der Waals surface area (Å²) in [5, 5.41) is 10.6. The van der Waals surface area contributed by atoms with Crippen LogP contribution in [0.2, 0.25) is 0 Å². The molecule has 0 unspecified atom stereocenters. The molecule has 0 heterocycles. The molecule has 0 N–H and O–H groups in total. The van der Waals surface area contributed by atoms with Gasteiger partial charge in [-0.25, -0.2) is 0 Å². The Labute approximate surface area is 510 Å². The molecule has 0 atom stereocenters. The van der Waals surface area contributed by atoms with Crippen LogP contribution in [0.15, 0.2) is 315 Å². The molecule has 14 aromatic rings. The van der Waals surface area contributed by atoms with Crippen molar-refractivity contribution in [2.24, 2.45) is 0 Å². The van der Waals surface area contributed by atoms with Crippen LogP contribution < -0.4 is 24.8 Å². The fourth-order valence-corrected chi connectivity index (χ4v) is 10.2. The fourth-order valence-electron chi connectivity index (χ4n) is 10.2. The number of fused-ring (bicyclic) bond motifs is 4. The van der Waals surface area contributed by atoms with Crippen molar-refractivity contribution >= 4 is 43.1 Å². The first-order valence-corrected chi connectivity index (χ1v) is 25.7. The van der Waals surface area contributed by atoms with Gasteiger partial charge in [-0.15, -0.1) is 137 Å². The molecule has 376 valence electrons. The Morgan fingerprint density at radius 2 is 0.526 bits per heavy atom. The summed E-state index contributed by atoms with van der Waals surface area (Å²) in [7, 11) is 0. The van der Waals surface area contributed by atoms with E-state index in [0.29, 0.717) is 0 Å². The summed E-state index contributed by atoms with van der Waals surface area (Å²) in [4.78, 5) is 0. The second-order valence-corrected chi connectivity index (χ2v) is 18.8. The molecule has 14 rings (SSSR count). The minimum absolute atomic E-state index is 0. The molecule has 4 heteroatoms. The molecule has 0 aliphatic heterocycles. The van der Waals surface area contributed by atoms with E-state index in [0.717, 1.165) is 12.8 Å². The summed E-state index contributed by atoms with van der Waals surface area (Å²) in [5.41, 5.74) is 16.0. The first-order chi connectivity index (χ1) is 36.7. The van der Waals surface area contributed by atoms with E-state index in [4.69, 9.17) is 0 Å². The third kappa shape index (κ3) is 14.4. The first kappa shape index (κ1) is 58.7. The van der Waals surface area contributed by atoms with Crippen LogP contribution in [-0.4, -0.2) is 0 Å². The van der Waals surface area contributed by atoms with Crippen LogP contribution in [-0.2, 0) is 65.2 Å². The van der Waals surface area contributed by atoms with Crippen molar-refractivity contribution in [1.29, 1.82) is 0 Å². The molecule has 14 aromatic carbocycles. The molecule has 0 nitrogen and oxygen atoms in total. The zero-order valence-electron chi connectivity index (χ0n) is 43.2. The van der Waals surface area contributed by atoms with E-state index in [-0.39, 0.29) is 77.2 Å². The predicted molar refractivity (Wildman–Crippen MR) is 318 cm³/mol. The molecule has 0 saturated heterocycles. The van der Waals surface area contributed by atoms with Crippen molar-refractivity contribution in [3.05, 3.63) is 338 Å². The maximum Gasteiger partial charge on any atom is 2.00 e. The smallest absolute Gasteiger partial charge is 1.00 e. The number of benzene rings is 10. The van der Waals surface area contributed by atoms with Gasteiger partial charge in [0.2, 0.25) is 0 Å². The molecular formula is C74H56Cl2Zr2-2. The third-order valence-corrected chi connectivity index (χ3v) is 13.9. The summed E-state index contributed by atoms with van der Waals surface area (Å²) in [6.45, 7) is 0. The van der Waals surface area contributed by atoms with Gasteiger partial charge >= 0.3 is 52.4 Å². The quantitative estimate of drug-likeness (QED) is 0.133. The van der Waals surface area contributed by atoms with Crippen LogP contribution >= 0.6 is 0 Å². The van der Waals surface area contributed by atoms with Gasteiger partial charge in [0, 0.05) is 0 Å². The molecule has 0 radical (unpaired) electrons. The Kier molecular flexibility index (Phi) is 21.9. The second-order valence-electron chi connectivity index (χ2n) is 18.8. The van der Waals surface area contributed by atoms with Gasteiger partial charge < -0.3 is 24.8 Å². The van der Waals surface area contributed by atoms with Crippen molar-refractivity contribution in [3.8, 4) is 44.5 Å². The molecule has 0 spiro atoms. The van der Waals surface area contributed by atoms with E-state index >= 15 is 0 Å². The first-order valence-electron chi connectivity index (χ1n) is 25.7. The van der Waals surface area contributed by atoms with Gasteiger partial charge in [0.1, 0.15) is 0 Å². The molecule has 0 aromatic heterocycles. The Hall–Kier alpha value is -7.01. The topological polar surface area (TPSA) is 0 Å². The minimum Gasteiger partial charge on any atom is -1.00 e. The Bertz CT molecular complexity index is 3660. The molecule has 0 bridgehead atoms. The van der Waals surface area contributed by atoms with E-state index in [1.807, 2.05) is 12.1 Å². The SMILES string of the molecule is [Cl-].[Cl-].[Zr+2].[Zr+2].c1ccc(-c2cc3ccccc3[cH-]2)cc1.c1ccc(-c2cc3ccccc3[cH-]2)cc1.c1ccc(C[c-]2c(-c3ccccc3)cc3ccccc32)cc1.c1ccc(C[c-]2c(-c3ccccc3)cc3ccccc32)cc1. The van der Waals surface area contributed by atoms with Crippen molar-refractivity contribution in [3.63, 3.8) is 0 Å². The maximum atomic E-state index is 2.32. The number of hydrogen-bond acceptors (Lipinski definition) is 0. The monoisotopic (exact) mass is 1190 g/mol. The molecule has 0 amide bonds. The Morgan fingerprint density at radius 1 is 0.256 bits per heavy atom. The van der Waals surface area contributed by atoms with Gasteiger partial charge in [-0.1, -0.05) is 288 Å². The average Bonchev–Trinajstić information content (AvgIpc) is 4.30. The van der Waals surface area contributed by atoms with Crippen molar-refractivity contribution < 1.29 is 77.2 Å².